The minimum atomic E-state index is -4.68. The highest BCUT2D eigenvalue weighted by Gasteiger charge is 2.38. The fourth-order valence-electron chi connectivity index (χ4n) is 0.875. The second-order valence-electron chi connectivity index (χ2n) is 2.52. The molecule has 0 bridgehead atoms. The van der Waals surface area contributed by atoms with Crippen LogP contribution < -0.4 is 0 Å². The lowest BCUT2D eigenvalue weighted by atomic mass is 10.2. The smallest absolute Gasteiger partial charge is 0.312 e. The molecule has 2 atom stereocenters. The summed E-state index contributed by atoms with van der Waals surface area (Å²) in [6.45, 7) is 2.11. The van der Waals surface area contributed by atoms with Crippen molar-refractivity contribution in [2.45, 2.75) is 32.2 Å². The quantitative estimate of drug-likeness (QED) is 0.667. The summed E-state index contributed by atoms with van der Waals surface area (Å²) >= 11 is 0. The topological polar surface area (TPSA) is 27.7 Å². The SMILES string of the molecule is CCC1CCOP(OC(F)(F)F)O1. The Hall–Kier alpha value is 0.100. The Morgan fingerprint density at radius 2 is 2.23 bits per heavy atom. The van der Waals surface area contributed by atoms with Crippen molar-refractivity contribution < 1.29 is 26.7 Å². The van der Waals surface area contributed by atoms with E-state index in [0.29, 0.717) is 12.8 Å². The van der Waals surface area contributed by atoms with Crippen LogP contribution in [0.25, 0.3) is 0 Å². The van der Waals surface area contributed by atoms with E-state index in [9.17, 15) is 13.2 Å². The summed E-state index contributed by atoms with van der Waals surface area (Å²) in [4.78, 5) is 0. The first-order chi connectivity index (χ1) is 6.01. The highest BCUT2D eigenvalue weighted by molar-refractivity contribution is 7.41. The molecule has 1 saturated heterocycles. The zero-order valence-corrected chi connectivity index (χ0v) is 7.90. The third-order valence-electron chi connectivity index (χ3n) is 1.51. The molecule has 0 aromatic heterocycles. The van der Waals surface area contributed by atoms with Crippen LogP contribution in [0.5, 0.6) is 0 Å². The van der Waals surface area contributed by atoms with Crippen LogP contribution in [-0.2, 0) is 13.6 Å². The zero-order chi connectivity index (χ0) is 9.90. The molecule has 0 aliphatic carbocycles. The molecule has 0 aromatic rings. The normalized spacial score (nSPS) is 30.5. The predicted octanol–water partition coefficient (Wildman–Crippen LogP) is 2.97. The molecular formula is C6H10F3O3P. The molecule has 13 heavy (non-hydrogen) atoms. The first-order valence-electron chi connectivity index (χ1n) is 3.87. The molecule has 1 aliphatic rings. The monoisotopic (exact) mass is 218 g/mol. The van der Waals surface area contributed by atoms with Crippen LogP contribution in [0.3, 0.4) is 0 Å². The van der Waals surface area contributed by atoms with Gasteiger partial charge in [-0.15, -0.1) is 13.2 Å². The second-order valence-corrected chi connectivity index (χ2v) is 3.62. The van der Waals surface area contributed by atoms with Crippen LogP contribution in [0, 0.1) is 0 Å². The summed E-state index contributed by atoms with van der Waals surface area (Å²) in [7, 11) is -2.23. The standard InChI is InChI=1S/C6H10F3O3P/c1-2-5-3-4-10-13(11-5)12-6(7,8)9/h5H,2-4H2,1H3. The van der Waals surface area contributed by atoms with Gasteiger partial charge in [0.15, 0.2) is 0 Å². The molecule has 0 N–H and O–H groups in total. The van der Waals surface area contributed by atoms with E-state index in [-0.39, 0.29) is 12.7 Å². The van der Waals surface area contributed by atoms with Crippen molar-refractivity contribution in [2.75, 3.05) is 6.61 Å². The van der Waals surface area contributed by atoms with Crippen molar-refractivity contribution in [2.24, 2.45) is 0 Å². The summed E-state index contributed by atoms with van der Waals surface area (Å²) in [6.07, 6.45) is -3.57. The lowest BCUT2D eigenvalue weighted by Gasteiger charge is -2.27. The van der Waals surface area contributed by atoms with Gasteiger partial charge in [-0.2, -0.15) is 0 Å². The molecule has 0 aromatic carbocycles. The Labute approximate surface area is 75.2 Å². The Morgan fingerprint density at radius 3 is 2.77 bits per heavy atom. The Morgan fingerprint density at radius 1 is 1.54 bits per heavy atom. The molecule has 0 saturated carbocycles. The van der Waals surface area contributed by atoms with Crippen molar-refractivity contribution in [3.63, 3.8) is 0 Å². The molecule has 3 nitrogen and oxygen atoms in total. The average Bonchev–Trinajstić information content (AvgIpc) is 2.01. The fraction of sp³-hybridized carbons (Fsp3) is 1.00. The second kappa shape index (κ2) is 4.55. The Kier molecular flexibility index (Phi) is 3.91. The van der Waals surface area contributed by atoms with Gasteiger partial charge >= 0.3 is 15.0 Å². The van der Waals surface area contributed by atoms with E-state index in [0.717, 1.165) is 0 Å². The molecule has 1 fully saturated rings. The Bertz CT molecular complexity index is 164. The molecule has 0 radical (unpaired) electrons. The first kappa shape index (κ1) is 11.2. The van der Waals surface area contributed by atoms with Crippen LogP contribution in [0.15, 0.2) is 0 Å². The summed E-state index contributed by atoms with van der Waals surface area (Å²) in [5, 5.41) is 0. The number of rotatable bonds is 2. The van der Waals surface area contributed by atoms with Crippen LogP contribution in [0.4, 0.5) is 13.2 Å². The van der Waals surface area contributed by atoms with Crippen LogP contribution in [-0.4, -0.2) is 19.1 Å². The minimum Gasteiger partial charge on any atom is -0.312 e. The minimum absolute atomic E-state index is 0.179. The van der Waals surface area contributed by atoms with Gasteiger partial charge in [0.05, 0.1) is 12.7 Å². The van der Waals surface area contributed by atoms with Gasteiger partial charge in [0.2, 0.25) is 0 Å². The number of hydrogen-bond acceptors (Lipinski definition) is 3. The van der Waals surface area contributed by atoms with Gasteiger partial charge in [-0.3, -0.25) is 0 Å². The van der Waals surface area contributed by atoms with Crippen molar-refractivity contribution in [3.8, 4) is 0 Å². The number of hydrogen-bond donors (Lipinski definition) is 0. The van der Waals surface area contributed by atoms with Crippen molar-refractivity contribution >= 4 is 8.60 Å². The van der Waals surface area contributed by atoms with Crippen LogP contribution in [0.1, 0.15) is 19.8 Å². The van der Waals surface area contributed by atoms with Gasteiger partial charge in [0.1, 0.15) is 0 Å². The fourth-order valence-corrected chi connectivity index (χ4v) is 1.95. The van der Waals surface area contributed by atoms with Crippen LogP contribution in [0.2, 0.25) is 0 Å². The van der Waals surface area contributed by atoms with Gasteiger partial charge < -0.3 is 9.05 Å². The molecule has 1 aliphatic heterocycles. The van der Waals surface area contributed by atoms with Gasteiger partial charge in [0, 0.05) is 0 Å². The zero-order valence-electron chi connectivity index (χ0n) is 7.00. The van der Waals surface area contributed by atoms with E-state index in [1.807, 2.05) is 6.92 Å². The molecule has 78 valence electrons. The lowest BCUT2D eigenvalue weighted by Crippen LogP contribution is -2.21. The molecular weight excluding hydrogens is 208 g/mol. The van der Waals surface area contributed by atoms with Gasteiger partial charge in [-0.1, -0.05) is 6.92 Å². The lowest BCUT2D eigenvalue weighted by molar-refractivity contribution is -0.281. The maximum Gasteiger partial charge on any atom is 0.529 e. The van der Waals surface area contributed by atoms with Crippen molar-refractivity contribution in [3.05, 3.63) is 0 Å². The van der Waals surface area contributed by atoms with E-state index in [1.165, 1.54) is 0 Å². The van der Waals surface area contributed by atoms with E-state index in [4.69, 9.17) is 4.52 Å². The third-order valence-corrected chi connectivity index (χ3v) is 2.72. The molecule has 1 rings (SSSR count). The van der Waals surface area contributed by atoms with E-state index in [1.54, 1.807) is 0 Å². The molecule has 0 spiro atoms. The molecule has 0 amide bonds. The van der Waals surface area contributed by atoms with Gasteiger partial charge in [0.25, 0.3) is 0 Å². The Balaban J connectivity index is 2.34. The van der Waals surface area contributed by atoms with E-state index < -0.39 is 15.0 Å². The van der Waals surface area contributed by atoms with Crippen molar-refractivity contribution in [1.82, 2.24) is 0 Å². The largest absolute Gasteiger partial charge is 0.529 e. The van der Waals surface area contributed by atoms with E-state index >= 15 is 0 Å². The predicted molar refractivity (Wildman–Crippen MR) is 39.8 cm³/mol. The summed E-state index contributed by atoms with van der Waals surface area (Å²) in [6, 6.07) is 0. The summed E-state index contributed by atoms with van der Waals surface area (Å²) < 4.78 is 48.3. The van der Waals surface area contributed by atoms with Crippen molar-refractivity contribution in [1.29, 1.82) is 0 Å². The number of alkyl halides is 3. The average molecular weight is 218 g/mol. The molecule has 7 heteroatoms. The van der Waals surface area contributed by atoms with Gasteiger partial charge in [-0.05, 0) is 12.8 Å². The highest BCUT2D eigenvalue weighted by atomic mass is 31.2. The van der Waals surface area contributed by atoms with Gasteiger partial charge in [-0.25, -0.2) is 4.52 Å². The van der Waals surface area contributed by atoms with Crippen LogP contribution >= 0.6 is 8.60 Å². The highest BCUT2D eigenvalue weighted by Crippen LogP contribution is 2.49. The molecule has 2 unspecified atom stereocenters. The molecule has 1 heterocycles. The van der Waals surface area contributed by atoms with E-state index in [2.05, 4.69) is 9.05 Å². The third kappa shape index (κ3) is 4.22. The maximum atomic E-state index is 11.7. The summed E-state index contributed by atoms with van der Waals surface area (Å²) in [5.74, 6) is 0. The summed E-state index contributed by atoms with van der Waals surface area (Å²) in [5.41, 5.74) is 0. The first-order valence-corrected chi connectivity index (χ1v) is 4.96. The number of halogens is 3. The maximum absolute atomic E-state index is 11.7.